The Morgan fingerprint density at radius 3 is 2.46 bits per heavy atom. The SMILES string of the molecule is CCOC(=O)c1ccc(NC(=O)CC2C(=O)Nc3ccccc3N2C(=O)/C=C/c2ccccc2Cl)cc1. The summed E-state index contributed by atoms with van der Waals surface area (Å²) in [6, 6.07) is 19.1. The van der Waals surface area contributed by atoms with Crippen molar-refractivity contribution in [1.29, 1.82) is 0 Å². The molecule has 1 unspecified atom stereocenters. The maximum Gasteiger partial charge on any atom is 0.338 e. The van der Waals surface area contributed by atoms with Gasteiger partial charge in [0.1, 0.15) is 6.04 Å². The van der Waals surface area contributed by atoms with E-state index in [2.05, 4.69) is 10.6 Å². The number of halogens is 1. The third-order valence-electron chi connectivity index (χ3n) is 5.64. The van der Waals surface area contributed by atoms with Gasteiger partial charge in [-0.1, -0.05) is 41.9 Å². The fourth-order valence-electron chi connectivity index (χ4n) is 3.89. The summed E-state index contributed by atoms with van der Waals surface area (Å²) in [6.45, 7) is 1.97. The van der Waals surface area contributed by atoms with Crippen molar-refractivity contribution in [3.05, 3.63) is 95.0 Å². The average Bonchev–Trinajstić information content (AvgIpc) is 2.89. The minimum absolute atomic E-state index is 0.257. The normalized spacial score (nSPS) is 14.6. The largest absolute Gasteiger partial charge is 0.462 e. The van der Waals surface area contributed by atoms with Gasteiger partial charge in [0.2, 0.25) is 11.8 Å². The zero-order chi connectivity index (χ0) is 26.4. The smallest absolute Gasteiger partial charge is 0.338 e. The van der Waals surface area contributed by atoms with Gasteiger partial charge in [-0.05, 0) is 61.0 Å². The molecular weight excluding hydrogens is 494 g/mol. The Labute approximate surface area is 218 Å². The first-order valence-corrected chi connectivity index (χ1v) is 12.0. The van der Waals surface area contributed by atoms with Crippen molar-refractivity contribution in [2.24, 2.45) is 0 Å². The van der Waals surface area contributed by atoms with E-state index in [1.807, 2.05) is 0 Å². The highest BCUT2D eigenvalue weighted by Crippen LogP contribution is 2.33. The molecule has 0 saturated heterocycles. The summed E-state index contributed by atoms with van der Waals surface area (Å²) in [5.74, 6) is -1.89. The molecule has 37 heavy (non-hydrogen) atoms. The van der Waals surface area contributed by atoms with Crippen LogP contribution in [0.15, 0.2) is 78.9 Å². The van der Waals surface area contributed by atoms with Crippen molar-refractivity contribution >= 4 is 58.4 Å². The lowest BCUT2D eigenvalue weighted by Gasteiger charge is -2.35. The van der Waals surface area contributed by atoms with Crippen LogP contribution in [-0.4, -0.2) is 36.3 Å². The quantitative estimate of drug-likeness (QED) is 0.342. The minimum Gasteiger partial charge on any atom is -0.462 e. The van der Waals surface area contributed by atoms with Crippen molar-refractivity contribution in [2.45, 2.75) is 19.4 Å². The molecular formula is C28H24ClN3O5. The molecule has 3 aromatic rings. The van der Waals surface area contributed by atoms with E-state index in [0.717, 1.165) is 0 Å². The molecule has 0 bridgehead atoms. The number of anilines is 3. The summed E-state index contributed by atoms with van der Waals surface area (Å²) in [5.41, 5.74) is 2.38. The average molecular weight is 518 g/mol. The first kappa shape index (κ1) is 25.7. The zero-order valence-electron chi connectivity index (χ0n) is 19.9. The Bertz CT molecular complexity index is 1370. The van der Waals surface area contributed by atoms with E-state index in [1.165, 1.54) is 23.1 Å². The Balaban J connectivity index is 1.54. The molecule has 1 atom stereocenters. The van der Waals surface area contributed by atoms with Crippen molar-refractivity contribution in [3.63, 3.8) is 0 Å². The lowest BCUT2D eigenvalue weighted by molar-refractivity contribution is -0.124. The highest BCUT2D eigenvalue weighted by atomic mass is 35.5. The molecule has 0 aromatic heterocycles. The zero-order valence-corrected chi connectivity index (χ0v) is 20.7. The molecule has 0 saturated carbocycles. The highest BCUT2D eigenvalue weighted by Gasteiger charge is 2.37. The van der Waals surface area contributed by atoms with Crippen molar-refractivity contribution in [2.75, 3.05) is 22.1 Å². The van der Waals surface area contributed by atoms with Crippen LogP contribution in [0.25, 0.3) is 6.08 Å². The fraction of sp³-hybridized carbons (Fsp3) is 0.143. The van der Waals surface area contributed by atoms with Gasteiger partial charge in [-0.3, -0.25) is 19.3 Å². The van der Waals surface area contributed by atoms with E-state index >= 15 is 0 Å². The van der Waals surface area contributed by atoms with Gasteiger partial charge in [-0.2, -0.15) is 0 Å². The maximum atomic E-state index is 13.3. The number of para-hydroxylation sites is 2. The van der Waals surface area contributed by atoms with Crippen LogP contribution in [-0.2, 0) is 19.1 Å². The van der Waals surface area contributed by atoms with Gasteiger partial charge in [-0.15, -0.1) is 0 Å². The molecule has 3 amide bonds. The first-order valence-electron chi connectivity index (χ1n) is 11.6. The van der Waals surface area contributed by atoms with Gasteiger partial charge in [0.25, 0.3) is 5.91 Å². The molecule has 1 aliphatic rings. The second-order valence-corrected chi connectivity index (χ2v) is 8.54. The Hall–Kier alpha value is -4.43. The summed E-state index contributed by atoms with van der Waals surface area (Å²) in [4.78, 5) is 52.4. The number of benzene rings is 3. The van der Waals surface area contributed by atoms with Gasteiger partial charge in [0, 0.05) is 16.8 Å². The highest BCUT2D eigenvalue weighted by molar-refractivity contribution is 6.32. The molecule has 188 valence electrons. The number of esters is 1. The number of amides is 3. The Morgan fingerprint density at radius 1 is 1.03 bits per heavy atom. The number of nitrogens with zero attached hydrogens (tertiary/aromatic N) is 1. The van der Waals surface area contributed by atoms with Gasteiger partial charge < -0.3 is 15.4 Å². The summed E-state index contributed by atoms with van der Waals surface area (Å²) in [6.07, 6.45) is 2.61. The molecule has 1 aliphatic heterocycles. The number of hydrogen-bond acceptors (Lipinski definition) is 5. The number of hydrogen-bond donors (Lipinski definition) is 2. The van der Waals surface area contributed by atoms with Gasteiger partial charge in [0.15, 0.2) is 0 Å². The summed E-state index contributed by atoms with van der Waals surface area (Å²) in [5, 5.41) is 5.96. The molecule has 9 heteroatoms. The molecule has 3 aromatic carbocycles. The minimum atomic E-state index is -1.09. The topological polar surface area (TPSA) is 105 Å². The number of rotatable bonds is 7. The molecule has 1 heterocycles. The first-order chi connectivity index (χ1) is 17.9. The van der Waals surface area contributed by atoms with Crippen LogP contribution in [0, 0.1) is 0 Å². The molecule has 0 spiro atoms. The number of fused-ring (bicyclic) bond motifs is 1. The fourth-order valence-corrected chi connectivity index (χ4v) is 4.09. The van der Waals surface area contributed by atoms with Crippen LogP contribution in [0.1, 0.15) is 29.3 Å². The maximum absolute atomic E-state index is 13.3. The van der Waals surface area contributed by atoms with Gasteiger partial charge >= 0.3 is 5.97 Å². The van der Waals surface area contributed by atoms with Gasteiger partial charge in [0.05, 0.1) is 30.0 Å². The second kappa shape index (κ2) is 11.5. The predicted octanol–water partition coefficient (Wildman–Crippen LogP) is 4.91. The summed E-state index contributed by atoms with van der Waals surface area (Å²) >= 11 is 6.20. The predicted molar refractivity (Wildman–Crippen MR) is 142 cm³/mol. The molecule has 0 radical (unpaired) electrons. The number of nitrogens with one attached hydrogen (secondary N) is 2. The molecule has 0 aliphatic carbocycles. The molecule has 4 rings (SSSR count). The van der Waals surface area contributed by atoms with Crippen molar-refractivity contribution in [1.82, 2.24) is 0 Å². The van der Waals surface area contributed by atoms with Crippen LogP contribution >= 0.6 is 11.6 Å². The lowest BCUT2D eigenvalue weighted by Crippen LogP contribution is -2.52. The second-order valence-electron chi connectivity index (χ2n) is 8.14. The molecule has 0 fully saturated rings. The van der Waals surface area contributed by atoms with Crippen LogP contribution in [0.4, 0.5) is 17.1 Å². The Kier molecular flexibility index (Phi) is 8.00. The van der Waals surface area contributed by atoms with Crippen molar-refractivity contribution < 1.29 is 23.9 Å². The van der Waals surface area contributed by atoms with Crippen LogP contribution < -0.4 is 15.5 Å². The van der Waals surface area contributed by atoms with Gasteiger partial charge in [-0.25, -0.2) is 4.79 Å². The van der Waals surface area contributed by atoms with E-state index in [4.69, 9.17) is 16.3 Å². The summed E-state index contributed by atoms with van der Waals surface area (Å²) in [7, 11) is 0. The monoisotopic (exact) mass is 517 g/mol. The van der Waals surface area contributed by atoms with Crippen LogP contribution in [0.2, 0.25) is 5.02 Å². The lowest BCUT2D eigenvalue weighted by atomic mass is 10.0. The Morgan fingerprint density at radius 2 is 1.73 bits per heavy atom. The standard InChI is InChI=1S/C28H24ClN3O5/c1-2-37-28(36)19-11-14-20(15-12-19)30-25(33)17-24-27(35)31-22-9-5-6-10-23(22)32(24)26(34)16-13-18-7-3-4-8-21(18)29/h3-16,24H,2,17H2,1H3,(H,30,33)(H,31,35)/b16-13+. The number of carbonyl (C=O) groups is 4. The van der Waals surface area contributed by atoms with Crippen LogP contribution in [0.3, 0.4) is 0 Å². The van der Waals surface area contributed by atoms with Crippen LogP contribution in [0.5, 0.6) is 0 Å². The van der Waals surface area contributed by atoms with E-state index in [-0.39, 0.29) is 13.0 Å². The number of carbonyl (C=O) groups excluding carboxylic acids is 4. The van der Waals surface area contributed by atoms with E-state index < -0.39 is 29.7 Å². The van der Waals surface area contributed by atoms with E-state index in [0.29, 0.717) is 33.2 Å². The summed E-state index contributed by atoms with van der Waals surface area (Å²) < 4.78 is 4.96. The third kappa shape index (κ3) is 6.05. The molecule has 8 nitrogen and oxygen atoms in total. The van der Waals surface area contributed by atoms with E-state index in [1.54, 1.807) is 73.7 Å². The van der Waals surface area contributed by atoms with E-state index in [9.17, 15) is 19.2 Å². The molecule has 2 N–H and O–H groups in total. The number of ether oxygens (including phenoxy) is 1. The third-order valence-corrected chi connectivity index (χ3v) is 5.99. The van der Waals surface area contributed by atoms with Crippen molar-refractivity contribution in [3.8, 4) is 0 Å².